The lowest BCUT2D eigenvalue weighted by Crippen LogP contribution is -2.03. The summed E-state index contributed by atoms with van der Waals surface area (Å²) in [5, 5.41) is 10.3. The topological polar surface area (TPSA) is 42.4 Å². The van der Waals surface area contributed by atoms with Crippen molar-refractivity contribution in [3.63, 3.8) is 0 Å². The molecule has 94 valence electrons. The minimum atomic E-state index is -0.840. The number of rotatable bonds is 3. The second-order valence-corrected chi connectivity index (χ2v) is 4.06. The van der Waals surface area contributed by atoms with E-state index in [-0.39, 0.29) is 5.82 Å². The SMILES string of the molecule is COc1cncc(C(O)c2ccc(F)cc2C)c1. The predicted octanol–water partition coefficient (Wildman–Crippen LogP) is 2.62. The summed E-state index contributed by atoms with van der Waals surface area (Å²) < 4.78 is 18.1. The van der Waals surface area contributed by atoms with E-state index < -0.39 is 6.10 Å². The molecule has 0 aliphatic heterocycles. The number of ether oxygens (including phenoxy) is 1. The first kappa shape index (κ1) is 12.5. The monoisotopic (exact) mass is 247 g/mol. The fourth-order valence-electron chi connectivity index (χ4n) is 1.82. The maximum Gasteiger partial charge on any atom is 0.137 e. The lowest BCUT2D eigenvalue weighted by molar-refractivity contribution is 0.218. The highest BCUT2D eigenvalue weighted by atomic mass is 19.1. The molecule has 1 N–H and O–H groups in total. The van der Waals surface area contributed by atoms with E-state index in [1.165, 1.54) is 19.2 Å². The number of aryl methyl sites for hydroxylation is 1. The summed E-state index contributed by atoms with van der Waals surface area (Å²) in [6.07, 6.45) is 2.29. The molecule has 0 spiro atoms. The summed E-state index contributed by atoms with van der Waals surface area (Å²) >= 11 is 0. The number of methoxy groups -OCH3 is 1. The first-order valence-electron chi connectivity index (χ1n) is 5.55. The van der Waals surface area contributed by atoms with Gasteiger partial charge in [0.15, 0.2) is 0 Å². The molecule has 0 amide bonds. The summed E-state index contributed by atoms with van der Waals surface area (Å²) in [6, 6.07) is 6.01. The molecule has 0 saturated heterocycles. The van der Waals surface area contributed by atoms with Gasteiger partial charge in [-0.25, -0.2) is 4.39 Å². The second kappa shape index (κ2) is 5.14. The summed E-state index contributed by atoms with van der Waals surface area (Å²) in [5.74, 6) is 0.263. The number of aromatic nitrogens is 1. The predicted molar refractivity (Wildman–Crippen MR) is 66.0 cm³/mol. The number of halogens is 1. The van der Waals surface area contributed by atoms with Gasteiger partial charge in [0.25, 0.3) is 0 Å². The maximum absolute atomic E-state index is 13.0. The minimum absolute atomic E-state index is 0.313. The number of nitrogens with zero attached hydrogens (tertiary/aromatic N) is 1. The molecule has 4 heteroatoms. The molecule has 1 heterocycles. The van der Waals surface area contributed by atoms with E-state index >= 15 is 0 Å². The molecular formula is C14H14FNO2. The van der Waals surface area contributed by atoms with E-state index in [2.05, 4.69) is 4.98 Å². The number of pyridine rings is 1. The summed E-state index contributed by atoms with van der Waals surface area (Å²) in [7, 11) is 1.54. The molecule has 0 aliphatic carbocycles. The van der Waals surface area contributed by atoms with Gasteiger partial charge in [-0.3, -0.25) is 4.98 Å². The molecule has 2 rings (SSSR count). The molecule has 0 fully saturated rings. The van der Waals surface area contributed by atoms with Crippen LogP contribution in [-0.2, 0) is 0 Å². The van der Waals surface area contributed by atoms with Crippen LogP contribution < -0.4 is 4.74 Å². The molecule has 0 bridgehead atoms. The Balaban J connectivity index is 2.37. The van der Waals surface area contributed by atoms with Crippen LogP contribution in [0.3, 0.4) is 0 Å². The van der Waals surface area contributed by atoms with Crippen molar-refractivity contribution in [2.24, 2.45) is 0 Å². The summed E-state index contributed by atoms with van der Waals surface area (Å²) in [4.78, 5) is 3.99. The van der Waals surface area contributed by atoms with Gasteiger partial charge in [0.1, 0.15) is 17.7 Å². The van der Waals surface area contributed by atoms with Gasteiger partial charge in [-0.2, -0.15) is 0 Å². The highest BCUT2D eigenvalue weighted by Crippen LogP contribution is 2.26. The Labute approximate surface area is 105 Å². The van der Waals surface area contributed by atoms with Crippen LogP contribution in [0, 0.1) is 12.7 Å². The smallest absolute Gasteiger partial charge is 0.137 e. The van der Waals surface area contributed by atoms with Gasteiger partial charge in [0.2, 0.25) is 0 Å². The van der Waals surface area contributed by atoms with Crippen molar-refractivity contribution in [3.8, 4) is 5.75 Å². The van der Waals surface area contributed by atoms with Gasteiger partial charge >= 0.3 is 0 Å². The van der Waals surface area contributed by atoms with Crippen molar-refractivity contribution in [1.82, 2.24) is 4.98 Å². The summed E-state index contributed by atoms with van der Waals surface area (Å²) in [5.41, 5.74) is 1.97. The Kier molecular flexibility index (Phi) is 3.58. The van der Waals surface area contributed by atoms with Crippen molar-refractivity contribution >= 4 is 0 Å². The first-order valence-corrected chi connectivity index (χ1v) is 5.55. The van der Waals surface area contributed by atoms with Crippen LogP contribution in [0.25, 0.3) is 0 Å². The third-order valence-corrected chi connectivity index (χ3v) is 2.81. The average Bonchev–Trinajstić information content (AvgIpc) is 2.38. The number of aliphatic hydroxyl groups is 1. The molecule has 1 unspecified atom stereocenters. The van der Waals surface area contributed by atoms with Crippen LogP contribution in [0.4, 0.5) is 4.39 Å². The lowest BCUT2D eigenvalue weighted by Gasteiger charge is -2.14. The van der Waals surface area contributed by atoms with Gasteiger partial charge in [0.05, 0.1) is 13.3 Å². The molecule has 1 atom stereocenters. The Bertz CT molecular complexity index is 557. The normalized spacial score (nSPS) is 12.2. The highest BCUT2D eigenvalue weighted by Gasteiger charge is 2.14. The van der Waals surface area contributed by atoms with Gasteiger partial charge in [-0.1, -0.05) is 6.07 Å². The largest absolute Gasteiger partial charge is 0.495 e. The fraction of sp³-hybridized carbons (Fsp3) is 0.214. The van der Waals surface area contributed by atoms with Crippen LogP contribution in [0.1, 0.15) is 22.8 Å². The Hall–Kier alpha value is -1.94. The number of hydrogen-bond acceptors (Lipinski definition) is 3. The second-order valence-electron chi connectivity index (χ2n) is 4.06. The molecule has 0 aliphatic rings. The zero-order chi connectivity index (χ0) is 13.1. The molecule has 1 aromatic carbocycles. The van der Waals surface area contributed by atoms with Crippen molar-refractivity contribution in [3.05, 3.63) is 59.2 Å². The highest BCUT2D eigenvalue weighted by molar-refractivity contribution is 5.36. The quantitative estimate of drug-likeness (QED) is 0.906. The fourth-order valence-corrected chi connectivity index (χ4v) is 1.82. The standard InChI is InChI=1S/C14H14FNO2/c1-9-5-11(15)3-4-13(9)14(17)10-6-12(18-2)8-16-7-10/h3-8,14,17H,1-2H3. The van der Waals surface area contributed by atoms with Crippen LogP contribution in [0.5, 0.6) is 5.75 Å². The van der Waals surface area contributed by atoms with Gasteiger partial charge < -0.3 is 9.84 Å². The Morgan fingerprint density at radius 2 is 2.06 bits per heavy atom. The number of hydrogen-bond donors (Lipinski definition) is 1. The van der Waals surface area contributed by atoms with Gasteiger partial charge in [-0.05, 0) is 36.2 Å². The average molecular weight is 247 g/mol. The van der Waals surface area contributed by atoms with E-state index in [0.29, 0.717) is 22.4 Å². The Morgan fingerprint density at radius 1 is 1.28 bits per heavy atom. The molecule has 18 heavy (non-hydrogen) atoms. The van der Waals surface area contributed by atoms with Crippen molar-refractivity contribution in [2.45, 2.75) is 13.0 Å². The number of benzene rings is 1. The van der Waals surface area contributed by atoms with Crippen LogP contribution in [0.2, 0.25) is 0 Å². The van der Waals surface area contributed by atoms with Crippen molar-refractivity contribution in [1.29, 1.82) is 0 Å². The van der Waals surface area contributed by atoms with E-state index in [1.54, 1.807) is 31.5 Å². The molecule has 2 aromatic rings. The molecular weight excluding hydrogens is 233 g/mol. The van der Waals surface area contributed by atoms with E-state index in [4.69, 9.17) is 4.74 Å². The van der Waals surface area contributed by atoms with E-state index in [9.17, 15) is 9.50 Å². The van der Waals surface area contributed by atoms with Crippen LogP contribution in [-0.4, -0.2) is 17.2 Å². The molecule has 1 aromatic heterocycles. The van der Waals surface area contributed by atoms with Gasteiger partial charge in [0, 0.05) is 11.8 Å². The van der Waals surface area contributed by atoms with Crippen LogP contribution in [0.15, 0.2) is 36.7 Å². The minimum Gasteiger partial charge on any atom is -0.495 e. The van der Waals surface area contributed by atoms with Crippen LogP contribution >= 0.6 is 0 Å². The molecule has 3 nitrogen and oxygen atoms in total. The number of aliphatic hydroxyl groups excluding tert-OH is 1. The third kappa shape index (κ3) is 2.49. The Morgan fingerprint density at radius 3 is 2.72 bits per heavy atom. The van der Waals surface area contributed by atoms with Crippen molar-refractivity contribution < 1.29 is 14.2 Å². The zero-order valence-electron chi connectivity index (χ0n) is 10.2. The van der Waals surface area contributed by atoms with Crippen molar-refractivity contribution in [2.75, 3.05) is 7.11 Å². The van der Waals surface area contributed by atoms with Gasteiger partial charge in [-0.15, -0.1) is 0 Å². The summed E-state index contributed by atoms with van der Waals surface area (Å²) in [6.45, 7) is 1.76. The zero-order valence-corrected chi connectivity index (χ0v) is 10.2. The molecule has 0 saturated carbocycles. The maximum atomic E-state index is 13.0. The third-order valence-electron chi connectivity index (χ3n) is 2.81. The lowest BCUT2D eigenvalue weighted by atomic mass is 9.98. The molecule has 0 radical (unpaired) electrons. The first-order chi connectivity index (χ1) is 8.61. The van der Waals surface area contributed by atoms with E-state index in [1.807, 2.05) is 0 Å². The van der Waals surface area contributed by atoms with E-state index in [0.717, 1.165) is 0 Å².